The molecule has 0 spiro atoms. The maximum atomic E-state index is 4.94. The molecule has 0 bridgehead atoms. The average molecular weight is 446 g/mol. The summed E-state index contributed by atoms with van der Waals surface area (Å²) < 4.78 is 0. The molecule has 0 saturated carbocycles. The number of hydrazone groups is 1. The van der Waals surface area contributed by atoms with Gasteiger partial charge in [-0.3, -0.25) is 0 Å². The van der Waals surface area contributed by atoms with Gasteiger partial charge in [0.15, 0.2) is 0 Å². The summed E-state index contributed by atoms with van der Waals surface area (Å²) in [5.74, 6) is 0. The molecule has 4 aromatic rings. The first-order chi connectivity index (χ1) is 16.6. The van der Waals surface area contributed by atoms with E-state index in [2.05, 4.69) is 117 Å². The van der Waals surface area contributed by atoms with Crippen molar-refractivity contribution in [3.8, 4) is 0 Å². The molecule has 4 aromatic carbocycles. The normalized spacial score (nSPS) is 13.2. The summed E-state index contributed by atoms with van der Waals surface area (Å²) >= 11 is 0. The Morgan fingerprint density at radius 2 is 1.50 bits per heavy atom. The van der Waals surface area contributed by atoms with E-state index in [9.17, 15) is 0 Å². The zero-order valence-corrected chi connectivity index (χ0v) is 20.2. The molecule has 0 aliphatic carbocycles. The van der Waals surface area contributed by atoms with E-state index < -0.39 is 0 Å². The second kappa shape index (κ2) is 9.56. The van der Waals surface area contributed by atoms with Gasteiger partial charge in [0.1, 0.15) is 0 Å². The molecule has 0 radical (unpaired) electrons. The van der Waals surface area contributed by atoms with E-state index in [-0.39, 0.29) is 0 Å². The van der Waals surface area contributed by atoms with Gasteiger partial charge in [-0.1, -0.05) is 48.0 Å². The number of aryl methyl sites for hydroxylation is 4. The first-order valence-electron chi connectivity index (χ1n) is 12.0. The molecule has 3 nitrogen and oxygen atoms in total. The highest BCUT2D eigenvalue weighted by Crippen LogP contribution is 2.34. The third-order valence-corrected chi connectivity index (χ3v) is 6.38. The quantitative estimate of drug-likeness (QED) is 0.230. The summed E-state index contributed by atoms with van der Waals surface area (Å²) in [6.07, 6.45) is 4.23. The average Bonchev–Trinajstić information content (AvgIpc) is 2.85. The molecule has 0 fully saturated rings. The Hall–Kier alpha value is -3.85. The van der Waals surface area contributed by atoms with Gasteiger partial charge in [-0.05, 0) is 104 Å². The van der Waals surface area contributed by atoms with Crippen LogP contribution in [0.3, 0.4) is 0 Å². The van der Waals surface area contributed by atoms with Gasteiger partial charge in [-0.25, -0.2) is 5.01 Å². The van der Waals surface area contributed by atoms with Crippen molar-refractivity contribution in [1.82, 2.24) is 0 Å². The van der Waals surface area contributed by atoms with Crippen LogP contribution in [0.25, 0.3) is 0 Å². The number of rotatable bonds is 5. The van der Waals surface area contributed by atoms with Gasteiger partial charge >= 0.3 is 0 Å². The first-order valence-corrected chi connectivity index (χ1v) is 12.0. The summed E-state index contributed by atoms with van der Waals surface area (Å²) in [5, 5.41) is 6.96. The van der Waals surface area contributed by atoms with Crippen LogP contribution < -0.4 is 9.91 Å². The van der Waals surface area contributed by atoms with Crippen LogP contribution in [-0.4, -0.2) is 12.8 Å². The molecular formula is C31H31N3. The molecule has 1 aliphatic rings. The number of hydrogen-bond donors (Lipinski definition) is 0. The van der Waals surface area contributed by atoms with Crippen LogP contribution in [0, 0.1) is 20.8 Å². The van der Waals surface area contributed by atoms with Gasteiger partial charge in [0.2, 0.25) is 0 Å². The Morgan fingerprint density at radius 1 is 0.735 bits per heavy atom. The maximum Gasteiger partial charge on any atom is 0.0655 e. The largest absolute Gasteiger partial charge is 0.341 e. The van der Waals surface area contributed by atoms with E-state index in [1.165, 1.54) is 33.6 Å². The third kappa shape index (κ3) is 4.74. The molecule has 0 amide bonds. The van der Waals surface area contributed by atoms with Crippen molar-refractivity contribution >= 4 is 29.0 Å². The van der Waals surface area contributed by atoms with Crippen molar-refractivity contribution in [2.75, 3.05) is 16.5 Å². The summed E-state index contributed by atoms with van der Waals surface area (Å²) in [6.45, 7) is 7.43. The van der Waals surface area contributed by atoms with E-state index in [1.807, 2.05) is 11.2 Å². The van der Waals surface area contributed by atoms with Crippen LogP contribution in [0.4, 0.5) is 22.7 Å². The molecule has 0 saturated heterocycles. The second-order valence-corrected chi connectivity index (χ2v) is 9.21. The summed E-state index contributed by atoms with van der Waals surface area (Å²) in [5.41, 5.74) is 10.9. The number of benzene rings is 4. The van der Waals surface area contributed by atoms with Crippen molar-refractivity contribution < 1.29 is 0 Å². The molecule has 0 unspecified atom stereocenters. The van der Waals surface area contributed by atoms with Gasteiger partial charge < -0.3 is 4.90 Å². The van der Waals surface area contributed by atoms with Crippen LogP contribution in [0.5, 0.6) is 0 Å². The fourth-order valence-electron chi connectivity index (χ4n) is 4.61. The van der Waals surface area contributed by atoms with Gasteiger partial charge in [0.25, 0.3) is 0 Å². The predicted molar refractivity (Wildman–Crippen MR) is 145 cm³/mol. The van der Waals surface area contributed by atoms with Crippen LogP contribution in [0.2, 0.25) is 0 Å². The lowest BCUT2D eigenvalue weighted by atomic mass is 9.98. The monoisotopic (exact) mass is 445 g/mol. The number of hydrogen-bond acceptors (Lipinski definition) is 3. The molecule has 0 N–H and O–H groups in total. The van der Waals surface area contributed by atoms with Crippen LogP contribution in [-0.2, 0) is 6.42 Å². The van der Waals surface area contributed by atoms with Crippen molar-refractivity contribution in [2.45, 2.75) is 33.6 Å². The van der Waals surface area contributed by atoms with E-state index in [1.54, 1.807) is 0 Å². The summed E-state index contributed by atoms with van der Waals surface area (Å²) in [7, 11) is 0. The van der Waals surface area contributed by atoms with Crippen molar-refractivity contribution in [1.29, 1.82) is 0 Å². The minimum Gasteiger partial charge on any atom is -0.341 e. The highest BCUT2D eigenvalue weighted by Gasteiger charge is 2.18. The molecule has 1 aliphatic heterocycles. The molecule has 1 heterocycles. The minimum atomic E-state index is 1.05. The Labute approximate surface area is 203 Å². The lowest BCUT2D eigenvalue weighted by Gasteiger charge is -2.32. The Balaban J connectivity index is 1.47. The third-order valence-electron chi connectivity index (χ3n) is 6.38. The van der Waals surface area contributed by atoms with E-state index >= 15 is 0 Å². The standard InChI is InChI=1S/C31H31N3/c1-23-12-15-28(16-13-23)34(30-11-5-8-25(3)20-30)32-22-26-14-17-31-27(21-26)9-6-18-33(31)29-10-4-7-24(2)19-29/h4-5,7-8,10-17,19-22H,6,9,18H2,1-3H3. The van der Waals surface area contributed by atoms with Gasteiger partial charge in [0.05, 0.1) is 17.6 Å². The molecule has 34 heavy (non-hydrogen) atoms. The highest BCUT2D eigenvalue weighted by atomic mass is 15.5. The SMILES string of the molecule is Cc1ccc(N(N=Cc2ccc3c(c2)CCCN3c2cccc(C)c2)c2cccc(C)c2)cc1. The zero-order valence-electron chi connectivity index (χ0n) is 20.2. The lowest BCUT2D eigenvalue weighted by molar-refractivity contribution is 0.766. The van der Waals surface area contributed by atoms with Crippen molar-refractivity contribution in [3.63, 3.8) is 0 Å². The smallest absolute Gasteiger partial charge is 0.0655 e. The molecule has 0 atom stereocenters. The molecule has 5 rings (SSSR count). The lowest BCUT2D eigenvalue weighted by Crippen LogP contribution is -2.24. The molecule has 3 heteroatoms. The number of nitrogens with zero attached hydrogens (tertiary/aromatic N) is 3. The van der Waals surface area contributed by atoms with E-state index in [0.717, 1.165) is 36.3 Å². The topological polar surface area (TPSA) is 18.8 Å². The van der Waals surface area contributed by atoms with Crippen LogP contribution in [0.1, 0.15) is 34.2 Å². The molecule has 170 valence electrons. The van der Waals surface area contributed by atoms with Crippen molar-refractivity contribution in [2.24, 2.45) is 5.10 Å². The Morgan fingerprint density at radius 3 is 2.26 bits per heavy atom. The van der Waals surface area contributed by atoms with Gasteiger partial charge in [0, 0.05) is 17.9 Å². The zero-order chi connectivity index (χ0) is 23.5. The summed E-state index contributed by atoms with van der Waals surface area (Å²) in [6, 6.07) is 32.5. The highest BCUT2D eigenvalue weighted by molar-refractivity contribution is 5.84. The second-order valence-electron chi connectivity index (χ2n) is 9.21. The predicted octanol–water partition coefficient (Wildman–Crippen LogP) is 7.87. The van der Waals surface area contributed by atoms with Crippen LogP contribution in [0.15, 0.2) is 96.1 Å². The number of fused-ring (bicyclic) bond motifs is 1. The van der Waals surface area contributed by atoms with Crippen molar-refractivity contribution in [3.05, 3.63) is 119 Å². The van der Waals surface area contributed by atoms with Crippen LogP contribution >= 0.6 is 0 Å². The fraction of sp³-hybridized carbons (Fsp3) is 0.194. The Kier molecular flexibility index (Phi) is 6.18. The summed E-state index contributed by atoms with van der Waals surface area (Å²) in [4.78, 5) is 2.44. The van der Waals surface area contributed by atoms with Gasteiger partial charge in [-0.15, -0.1) is 0 Å². The molecule has 0 aromatic heterocycles. The maximum absolute atomic E-state index is 4.94. The molecular weight excluding hydrogens is 414 g/mol. The first kappa shape index (κ1) is 22.0. The van der Waals surface area contributed by atoms with E-state index in [4.69, 9.17) is 5.10 Å². The number of anilines is 4. The fourth-order valence-corrected chi connectivity index (χ4v) is 4.61. The minimum absolute atomic E-state index is 1.05. The van der Waals surface area contributed by atoms with Gasteiger partial charge in [-0.2, -0.15) is 5.10 Å². The Bertz CT molecular complexity index is 1320. The van der Waals surface area contributed by atoms with E-state index in [0.29, 0.717) is 0 Å².